The number of rotatable bonds is 18. The molecule has 0 heterocycles. The van der Waals surface area contributed by atoms with E-state index >= 15 is 0 Å². The van der Waals surface area contributed by atoms with E-state index in [2.05, 4.69) is 64.0 Å². The molecule has 66 heavy (non-hydrogen) atoms. The summed E-state index contributed by atoms with van der Waals surface area (Å²) in [4.78, 5) is 28.8. The standard InChI is InChI=1S/C57H99N3O6/c1-8-29-60(30-9-27-58-50(65)17-11-36(2)42-13-15-44-52-46(21-25-56(42,44)6)54(4)23-19-40(61)32-38(54)34-48(52)63)31-10-28-59-51(66)18-12-37(3)43-14-16-45-53-47(22-26-57(43,45)7)55(5)24-20-41(62)33-39(55)35-49(53)64/h36-49,52-53,61-64H,8-35H2,1-7H3,(H,58,65)(H,59,66)/t36-,37-,38+,39+,40-,41-,42-,43-,44+,45+,46+,47+,48+,49+,52+,53+,54+,55+,56-,57-/m1/s1. The van der Waals surface area contributed by atoms with Crippen LogP contribution in [0.1, 0.15) is 196 Å². The van der Waals surface area contributed by atoms with Crippen LogP contribution in [0.25, 0.3) is 0 Å². The molecular formula is C57H99N3O6. The predicted molar refractivity (Wildman–Crippen MR) is 264 cm³/mol. The van der Waals surface area contributed by atoms with Crippen LogP contribution in [0.15, 0.2) is 0 Å². The van der Waals surface area contributed by atoms with Gasteiger partial charge in [-0.3, -0.25) is 9.59 Å². The summed E-state index contributed by atoms with van der Waals surface area (Å²) in [5.74, 6) is 6.50. The molecule has 2 amide bonds. The van der Waals surface area contributed by atoms with E-state index in [9.17, 15) is 30.0 Å². The summed E-state index contributed by atoms with van der Waals surface area (Å²) in [6, 6.07) is 0. The smallest absolute Gasteiger partial charge is 0.220 e. The molecule has 0 saturated heterocycles. The van der Waals surface area contributed by atoms with Crippen molar-refractivity contribution in [2.24, 2.45) is 92.7 Å². The van der Waals surface area contributed by atoms with E-state index in [0.717, 1.165) is 103 Å². The first-order chi connectivity index (χ1) is 31.4. The molecule has 8 saturated carbocycles. The lowest BCUT2D eigenvalue weighted by atomic mass is 9.43. The van der Waals surface area contributed by atoms with Crippen molar-refractivity contribution in [1.82, 2.24) is 15.5 Å². The van der Waals surface area contributed by atoms with Crippen LogP contribution in [0, 0.1) is 92.7 Å². The number of fused-ring (bicyclic) bond motifs is 10. The van der Waals surface area contributed by atoms with Gasteiger partial charge < -0.3 is 36.0 Å². The highest BCUT2D eigenvalue weighted by Gasteiger charge is 2.64. The summed E-state index contributed by atoms with van der Waals surface area (Å²) < 4.78 is 0. The van der Waals surface area contributed by atoms with Gasteiger partial charge in [-0.05, 0) is 247 Å². The van der Waals surface area contributed by atoms with Crippen molar-refractivity contribution in [3.63, 3.8) is 0 Å². The fourth-order valence-electron chi connectivity index (χ4n) is 19.4. The Kier molecular flexibility index (Phi) is 16.1. The van der Waals surface area contributed by atoms with E-state index in [-0.39, 0.29) is 57.9 Å². The lowest BCUT2D eigenvalue weighted by Gasteiger charge is -2.62. The summed E-state index contributed by atoms with van der Waals surface area (Å²) >= 11 is 0. The summed E-state index contributed by atoms with van der Waals surface area (Å²) in [6.45, 7) is 21.4. The third-order valence-electron chi connectivity index (χ3n) is 23.0. The summed E-state index contributed by atoms with van der Waals surface area (Å²) in [7, 11) is 0. The van der Waals surface area contributed by atoms with Crippen molar-refractivity contribution < 1.29 is 30.0 Å². The van der Waals surface area contributed by atoms with E-state index in [1.54, 1.807) is 0 Å². The third kappa shape index (κ3) is 9.86. The minimum Gasteiger partial charge on any atom is -0.393 e. The Morgan fingerprint density at radius 2 is 0.939 bits per heavy atom. The lowest BCUT2D eigenvalue weighted by molar-refractivity contribution is -0.174. The topological polar surface area (TPSA) is 142 Å². The number of aliphatic hydroxyl groups excluding tert-OH is 4. The molecular weight excluding hydrogens is 823 g/mol. The van der Waals surface area contributed by atoms with Crippen LogP contribution < -0.4 is 10.6 Å². The fraction of sp³-hybridized carbons (Fsp3) is 0.965. The van der Waals surface area contributed by atoms with Gasteiger partial charge in [-0.2, -0.15) is 0 Å². The molecule has 8 fully saturated rings. The molecule has 0 unspecified atom stereocenters. The van der Waals surface area contributed by atoms with Gasteiger partial charge in [0.25, 0.3) is 0 Å². The number of aliphatic hydroxyl groups is 4. The summed E-state index contributed by atoms with van der Waals surface area (Å²) in [5.41, 5.74) is 0.989. The lowest BCUT2D eigenvalue weighted by Crippen LogP contribution is -2.58. The zero-order chi connectivity index (χ0) is 47.2. The second-order valence-corrected chi connectivity index (χ2v) is 26.2. The number of carbonyl (C=O) groups excluding carboxylic acids is 2. The molecule has 8 aliphatic rings. The second-order valence-electron chi connectivity index (χ2n) is 26.2. The molecule has 20 atom stereocenters. The Morgan fingerprint density at radius 1 is 0.545 bits per heavy atom. The first-order valence-electron chi connectivity index (χ1n) is 28.4. The van der Waals surface area contributed by atoms with Crippen LogP contribution in [-0.2, 0) is 9.59 Å². The Morgan fingerprint density at radius 3 is 1.35 bits per heavy atom. The zero-order valence-electron chi connectivity index (χ0n) is 43.1. The van der Waals surface area contributed by atoms with Gasteiger partial charge in [0.2, 0.25) is 11.8 Å². The average Bonchev–Trinajstić information content (AvgIpc) is 3.83. The van der Waals surface area contributed by atoms with Crippen LogP contribution in [-0.4, -0.2) is 94.3 Å². The third-order valence-corrected chi connectivity index (χ3v) is 23.0. The largest absolute Gasteiger partial charge is 0.393 e. The van der Waals surface area contributed by atoms with Crippen LogP contribution in [0.5, 0.6) is 0 Å². The van der Waals surface area contributed by atoms with E-state index in [1.165, 1.54) is 51.4 Å². The van der Waals surface area contributed by atoms with Gasteiger partial charge in [-0.25, -0.2) is 0 Å². The molecule has 0 aromatic carbocycles. The van der Waals surface area contributed by atoms with Gasteiger partial charge in [-0.1, -0.05) is 48.5 Å². The molecule has 0 aromatic heterocycles. The van der Waals surface area contributed by atoms with Crippen molar-refractivity contribution in [1.29, 1.82) is 0 Å². The van der Waals surface area contributed by atoms with E-state index in [1.807, 2.05) is 0 Å². The highest BCUT2D eigenvalue weighted by Crippen LogP contribution is 2.70. The number of amides is 2. The van der Waals surface area contributed by atoms with Gasteiger partial charge in [0.1, 0.15) is 0 Å². The molecule has 0 bridgehead atoms. The molecule has 378 valence electrons. The average molecular weight is 922 g/mol. The minimum absolute atomic E-state index is 0.178. The number of nitrogens with one attached hydrogen (secondary N) is 2. The van der Waals surface area contributed by atoms with Crippen molar-refractivity contribution in [2.75, 3.05) is 32.7 Å². The van der Waals surface area contributed by atoms with Gasteiger partial charge in [0, 0.05) is 25.9 Å². The van der Waals surface area contributed by atoms with Crippen LogP contribution >= 0.6 is 0 Å². The van der Waals surface area contributed by atoms with Crippen molar-refractivity contribution >= 4 is 11.8 Å². The van der Waals surface area contributed by atoms with Crippen molar-refractivity contribution in [2.45, 2.75) is 221 Å². The molecule has 8 rings (SSSR count). The Bertz CT molecular complexity index is 1530. The Hall–Kier alpha value is -1.26. The molecule has 0 aromatic rings. The summed E-state index contributed by atoms with van der Waals surface area (Å²) in [5, 5.41) is 50.7. The fourth-order valence-corrected chi connectivity index (χ4v) is 19.4. The monoisotopic (exact) mass is 922 g/mol. The van der Waals surface area contributed by atoms with E-state index in [0.29, 0.717) is 96.9 Å². The molecule has 0 radical (unpaired) electrons. The van der Waals surface area contributed by atoms with Gasteiger partial charge in [0.15, 0.2) is 0 Å². The minimum atomic E-state index is -0.243. The molecule has 0 aliphatic heterocycles. The number of carbonyl (C=O) groups is 2. The maximum absolute atomic E-state index is 13.1. The van der Waals surface area contributed by atoms with Gasteiger partial charge in [0.05, 0.1) is 24.4 Å². The summed E-state index contributed by atoms with van der Waals surface area (Å²) in [6.07, 6.45) is 22.4. The van der Waals surface area contributed by atoms with Crippen molar-refractivity contribution in [3.8, 4) is 0 Å². The maximum Gasteiger partial charge on any atom is 0.220 e. The molecule has 6 N–H and O–H groups in total. The van der Waals surface area contributed by atoms with Crippen LogP contribution in [0.4, 0.5) is 0 Å². The van der Waals surface area contributed by atoms with Crippen LogP contribution in [0.3, 0.4) is 0 Å². The molecule has 0 spiro atoms. The van der Waals surface area contributed by atoms with Crippen LogP contribution in [0.2, 0.25) is 0 Å². The molecule has 9 nitrogen and oxygen atoms in total. The number of hydrogen-bond acceptors (Lipinski definition) is 7. The van der Waals surface area contributed by atoms with Gasteiger partial charge in [-0.15, -0.1) is 0 Å². The first-order valence-corrected chi connectivity index (χ1v) is 28.4. The normalized spacial score (nSPS) is 45.9. The highest BCUT2D eigenvalue weighted by atomic mass is 16.3. The Labute approximate surface area is 401 Å². The molecule has 8 aliphatic carbocycles. The maximum atomic E-state index is 13.1. The van der Waals surface area contributed by atoms with E-state index < -0.39 is 0 Å². The Balaban J connectivity index is 0.702. The number of hydrogen-bond donors (Lipinski definition) is 6. The number of nitrogens with zero attached hydrogens (tertiary/aromatic N) is 1. The first kappa shape index (κ1) is 51.1. The quantitative estimate of drug-likeness (QED) is 0.0753. The SMILES string of the molecule is CCCN(CCCNC(=O)CC[C@@H](C)[C@H]1CC[C@H]2[C@@H]3[C@@H](O)C[C@@H]4C[C@H](O)CC[C@]4(C)[C@H]3CC[C@]12C)CCCNC(=O)CC[C@@H](C)[C@H]1CC[C@H]2[C@@H]3[C@@H](O)C[C@@H]4C[C@H](O)CC[C@]4(C)[C@H]3CC[C@]12C. The second kappa shape index (κ2) is 20.8. The van der Waals surface area contributed by atoms with Gasteiger partial charge >= 0.3 is 0 Å². The van der Waals surface area contributed by atoms with Crippen molar-refractivity contribution in [3.05, 3.63) is 0 Å². The molecule has 9 heteroatoms. The highest BCUT2D eigenvalue weighted by molar-refractivity contribution is 5.76. The van der Waals surface area contributed by atoms with E-state index in [4.69, 9.17) is 0 Å². The zero-order valence-corrected chi connectivity index (χ0v) is 43.1. The predicted octanol–water partition coefficient (Wildman–Crippen LogP) is 9.52.